The second-order valence-corrected chi connectivity index (χ2v) is 6.04. The van der Waals surface area contributed by atoms with Gasteiger partial charge in [-0.1, -0.05) is 0 Å². The van der Waals surface area contributed by atoms with E-state index in [1.165, 1.54) is 17.8 Å². The zero-order valence-electron chi connectivity index (χ0n) is 10.4. The molecule has 0 saturated heterocycles. The predicted molar refractivity (Wildman–Crippen MR) is 78.2 cm³/mol. The number of nitrogens with one attached hydrogen (secondary N) is 1. The molecule has 1 rings (SSSR count). The first-order valence-corrected chi connectivity index (χ1v) is 7.54. The molecule has 0 spiro atoms. The molecule has 5 nitrogen and oxygen atoms in total. The maximum atomic E-state index is 13.3. The Morgan fingerprint density at radius 3 is 2.79 bits per heavy atom. The molecule has 8 heteroatoms. The van der Waals surface area contributed by atoms with Crippen molar-refractivity contribution in [2.75, 3.05) is 23.9 Å². The van der Waals surface area contributed by atoms with E-state index in [9.17, 15) is 19.6 Å². The number of aliphatic hydroxyl groups is 1. The summed E-state index contributed by atoms with van der Waals surface area (Å²) in [6.07, 6.45) is 1.85. The van der Waals surface area contributed by atoms with Gasteiger partial charge in [-0.05, 0) is 35.2 Å². The molecule has 0 heterocycles. The van der Waals surface area contributed by atoms with E-state index >= 15 is 0 Å². The number of nitro benzene ring substituents is 1. The summed E-state index contributed by atoms with van der Waals surface area (Å²) in [6, 6.07) is 2.14. The van der Waals surface area contributed by atoms with Gasteiger partial charge in [-0.3, -0.25) is 10.1 Å². The lowest BCUT2D eigenvalue weighted by Crippen LogP contribution is -2.36. The van der Waals surface area contributed by atoms with Crippen LogP contribution in [0.4, 0.5) is 15.8 Å². The molecule has 0 bridgehead atoms. The summed E-state index contributed by atoms with van der Waals surface area (Å²) in [6.45, 7) is 1.76. The lowest BCUT2D eigenvalue weighted by Gasteiger charge is -2.23. The van der Waals surface area contributed by atoms with Crippen molar-refractivity contribution in [2.45, 2.75) is 12.5 Å². The predicted octanol–water partition coefficient (Wildman–Crippen LogP) is 3.02. The molecular weight excluding hydrogens is 339 g/mol. The third kappa shape index (κ3) is 4.63. The van der Waals surface area contributed by atoms with Gasteiger partial charge >= 0.3 is 0 Å². The monoisotopic (exact) mass is 352 g/mol. The first-order chi connectivity index (χ1) is 8.76. The summed E-state index contributed by atoms with van der Waals surface area (Å²) in [5.74, 6) is -0.219. The third-order valence-corrected chi connectivity index (χ3v) is 3.87. The van der Waals surface area contributed by atoms with Gasteiger partial charge in [0.2, 0.25) is 0 Å². The summed E-state index contributed by atoms with van der Waals surface area (Å²) in [4.78, 5) is 10.2. The number of rotatable bonds is 6. The highest BCUT2D eigenvalue weighted by Gasteiger charge is 2.23. The number of benzene rings is 1. The van der Waals surface area contributed by atoms with Crippen LogP contribution >= 0.6 is 27.7 Å². The molecule has 1 atom stereocenters. The Morgan fingerprint density at radius 1 is 1.63 bits per heavy atom. The molecule has 0 aliphatic rings. The van der Waals surface area contributed by atoms with Crippen molar-refractivity contribution in [1.29, 1.82) is 0 Å². The number of hydrogen-bond donors (Lipinski definition) is 2. The van der Waals surface area contributed by atoms with Crippen molar-refractivity contribution >= 4 is 39.1 Å². The second-order valence-electron chi connectivity index (χ2n) is 4.32. The molecule has 0 radical (unpaired) electrons. The Labute approximate surface area is 122 Å². The highest BCUT2D eigenvalue weighted by atomic mass is 79.9. The molecule has 0 aliphatic carbocycles. The Morgan fingerprint density at radius 2 is 2.26 bits per heavy atom. The maximum absolute atomic E-state index is 13.3. The van der Waals surface area contributed by atoms with Crippen LogP contribution in [0.1, 0.15) is 6.92 Å². The van der Waals surface area contributed by atoms with Crippen LogP contribution in [0.3, 0.4) is 0 Å². The molecule has 0 aliphatic heterocycles. The van der Waals surface area contributed by atoms with E-state index < -0.39 is 16.3 Å². The topological polar surface area (TPSA) is 75.4 Å². The zero-order chi connectivity index (χ0) is 14.6. The van der Waals surface area contributed by atoms with Crippen LogP contribution in [0.15, 0.2) is 16.6 Å². The molecule has 2 N–H and O–H groups in total. The summed E-state index contributed by atoms with van der Waals surface area (Å²) in [5.41, 5.74) is -1.20. The normalized spacial score (nSPS) is 13.9. The first-order valence-electron chi connectivity index (χ1n) is 5.35. The molecule has 19 heavy (non-hydrogen) atoms. The summed E-state index contributed by atoms with van der Waals surface area (Å²) < 4.78 is 13.4. The van der Waals surface area contributed by atoms with Crippen molar-refractivity contribution < 1.29 is 14.4 Å². The number of nitrogens with zero attached hydrogens (tertiary/aromatic N) is 1. The molecular formula is C11H14BrFN2O3S. The highest BCUT2D eigenvalue weighted by molar-refractivity contribution is 9.10. The fraction of sp³-hybridized carbons (Fsp3) is 0.455. The van der Waals surface area contributed by atoms with Crippen molar-refractivity contribution in [3.63, 3.8) is 0 Å². The summed E-state index contributed by atoms with van der Waals surface area (Å²) in [5, 5.41) is 23.6. The van der Waals surface area contributed by atoms with E-state index in [-0.39, 0.29) is 22.4 Å². The lowest BCUT2D eigenvalue weighted by atomic mass is 10.1. The smallest absolute Gasteiger partial charge is 0.295 e. The van der Waals surface area contributed by atoms with E-state index in [0.29, 0.717) is 5.75 Å². The van der Waals surface area contributed by atoms with Gasteiger partial charge in [-0.25, -0.2) is 4.39 Å². The zero-order valence-corrected chi connectivity index (χ0v) is 12.8. The van der Waals surface area contributed by atoms with Crippen LogP contribution < -0.4 is 5.32 Å². The number of nitro groups is 1. The Kier molecular flexibility index (Phi) is 5.57. The SMILES string of the molecule is CSCC(C)(O)CNc1cc(Br)c(F)cc1[N+](=O)[O-]. The minimum Gasteiger partial charge on any atom is -0.387 e. The van der Waals surface area contributed by atoms with Crippen molar-refractivity contribution in [3.8, 4) is 0 Å². The van der Waals surface area contributed by atoms with Crippen LogP contribution in [-0.2, 0) is 0 Å². The van der Waals surface area contributed by atoms with Crippen molar-refractivity contribution in [2.24, 2.45) is 0 Å². The Bertz CT molecular complexity index is 485. The van der Waals surface area contributed by atoms with Crippen LogP contribution in [0.5, 0.6) is 0 Å². The third-order valence-electron chi connectivity index (χ3n) is 2.35. The molecule has 1 aromatic carbocycles. The average Bonchev–Trinajstić information content (AvgIpc) is 2.30. The number of thioether (sulfide) groups is 1. The molecule has 1 aromatic rings. The largest absolute Gasteiger partial charge is 0.387 e. The quantitative estimate of drug-likeness (QED) is 0.607. The van der Waals surface area contributed by atoms with Gasteiger partial charge < -0.3 is 10.4 Å². The average molecular weight is 353 g/mol. The second kappa shape index (κ2) is 6.53. The lowest BCUT2D eigenvalue weighted by molar-refractivity contribution is -0.384. The summed E-state index contributed by atoms with van der Waals surface area (Å²) >= 11 is 4.44. The molecule has 0 saturated carbocycles. The van der Waals surface area contributed by atoms with Gasteiger partial charge in [0.05, 0.1) is 21.1 Å². The van der Waals surface area contributed by atoms with E-state index in [1.54, 1.807) is 6.92 Å². The molecule has 0 aromatic heterocycles. The fourth-order valence-electron chi connectivity index (χ4n) is 1.48. The van der Waals surface area contributed by atoms with Gasteiger partial charge in [-0.15, -0.1) is 0 Å². The van der Waals surface area contributed by atoms with Crippen molar-refractivity contribution in [1.82, 2.24) is 0 Å². The molecule has 1 unspecified atom stereocenters. The van der Waals surface area contributed by atoms with Gasteiger partial charge in [0.25, 0.3) is 5.69 Å². The molecule has 0 amide bonds. The van der Waals surface area contributed by atoms with Gasteiger partial charge in [0.15, 0.2) is 0 Å². The Hall–Kier alpha value is -0.860. The van der Waals surface area contributed by atoms with Gasteiger partial charge in [-0.2, -0.15) is 11.8 Å². The van der Waals surface area contributed by atoms with Crippen LogP contribution in [0.2, 0.25) is 0 Å². The molecule has 106 valence electrons. The minimum atomic E-state index is -1.01. The first kappa shape index (κ1) is 16.2. The van der Waals surface area contributed by atoms with Crippen LogP contribution in [-0.4, -0.2) is 34.2 Å². The van der Waals surface area contributed by atoms with Crippen molar-refractivity contribution in [3.05, 3.63) is 32.5 Å². The number of hydrogen-bond acceptors (Lipinski definition) is 5. The van der Waals surface area contributed by atoms with E-state index in [0.717, 1.165) is 6.07 Å². The standard InChI is InChI=1S/C11H14BrFN2O3S/c1-11(16,6-19-2)5-14-9-3-7(12)8(13)4-10(9)15(17)18/h3-4,14,16H,5-6H2,1-2H3. The Balaban J connectivity index is 2.94. The van der Waals surface area contributed by atoms with Gasteiger partial charge in [0, 0.05) is 12.3 Å². The summed E-state index contributed by atoms with van der Waals surface area (Å²) in [7, 11) is 0. The van der Waals surface area contributed by atoms with Crippen LogP contribution in [0.25, 0.3) is 0 Å². The minimum absolute atomic E-state index is 0.130. The van der Waals surface area contributed by atoms with E-state index in [4.69, 9.17) is 0 Å². The van der Waals surface area contributed by atoms with E-state index in [2.05, 4.69) is 21.2 Å². The molecule has 0 fully saturated rings. The van der Waals surface area contributed by atoms with E-state index in [1.807, 2.05) is 6.26 Å². The van der Waals surface area contributed by atoms with Crippen LogP contribution in [0, 0.1) is 15.9 Å². The number of anilines is 1. The fourth-order valence-corrected chi connectivity index (χ4v) is 2.54. The van der Waals surface area contributed by atoms with Gasteiger partial charge in [0.1, 0.15) is 11.5 Å². The maximum Gasteiger partial charge on any atom is 0.295 e. The highest BCUT2D eigenvalue weighted by Crippen LogP contribution is 2.30. The number of halogens is 2.